The van der Waals surface area contributed by atoms with Crippen molar-refractivity contribution in [1.82, 2.24) is 109 Å². The average Bonchev–Trinajstić information content (AvgIpc) is 1.63. The third kappa shape index (κ3) is 18.7. The molecule has 0 bridgehead atoms. The van der Waals surface area contributed by atoms with Crippen LogP contribution >= 0.6 is 0 Å². The molecule has 650 valence electrons. The van der Waals surface area contributed by atoms with E-state index in [0.29, 0.717) is 206 Å². The third-order valence-electron chi connectivity index (χ3n) is 23.0. The Kier molecular flexibility index (Phi) is 24.4. The van der Waals surface area contributed by atoms with Crippen molar-refractivity contribution in [3.8, 4) is 0 Å². The standard InChI is InChI=1S/C23H24FN9O2.C20H25FN8O2.C19H22FN7O3.C18H23N7O3/c24-17-4-6-32(14-17)23-29-22(31-9-7-30(8-10-31)18-3-1-2-5-25-18)28-20-16(13-26-33(20)23)11-15-12-19(34)27-21(15)35;1-26-4-2-5-27(8-7-26)19-24-17-14(9-13-10-16(30)23-18(13)31)11-22-29(17)20(25-19)28-6-3-15(21)12-28;20-14-2-4-26(11-14)19-24-18(25-3-1-6-30-7-5-25)23-16-13(10-21-27(16)19)8-12-9-15(28)22-17(12)29;1-10(11-3-4-11)21-17-23-15-13(7-12-8-14(26)22-16(12)27)9-20-25(15)18(24-17)19-5-6-28-2/h1-3,5,11,13,17H,4,6-10,12,14H2,(H,27,34,35);9,11,15H,2-8,10,12H2,1H3,(H,23,30,31);8,10,14H,1-7,9,11H2,(H,22,28,29);7,9-11H,3-6,8H2,1-2H3,(H,22,26,27)(H2,19,21,23,24)/b15-11+;13-9+;12-8+;12-7+. The topological polar surface area (TPSA) is 438 Å². The SMILES string of the molecule is CN1CCCN(c2nc(N3CCC(F)C3)n3ncc(/C=C4\CC(=O)NC4=O)c3n2)CC1.COCCNc1nc(NC(C)C2CC2)nc2c(/C=C3\CC(=O)NC3=O)cnn12.O=C1C/C(=C\c2cnn3c(N4CCC(F)C4)nc(N4CCCOCC4)nc23)C(=O)N1.O=C1C/C(=C\c2cnn3c(N4CCC(F)C4)nc(N4CCN(c5ccccn5)CC4)nc23)C(=O)N1. The van der Waals surface area contributed by atoms with Crippen LogP contribution in [0.3, 0.4) is 0 Å². The summed E-state index contributed by atoms with van der Waals surface area (Å²) in [5.41, 5.74) is 6.13. The zero-order valence-electron chi connectivity index (χ0n) is 68.6. The van der Waals surface area contributed by atoms with E-state index in [1.165, 1.54) is 12.8 Å². The van der Waals surface area contributed by atoms with Gasteiger partial charge in [0.15, 0.2) is 22.6 Å². The van der Waals surface area contributed by atoms with Crippen LogP contribution in [0.25, 0.3) is 46.9 Å². The lowest BCUT2D eigenvalue weighted by atomic mass is 10.1. The number of imide groups is 4. The number of ether oxygens (including phenoxy) is 2. The minimum absolute atomic E-state index is 0.0199. The molecular weight excluding hydrogens is 1610 g/mol. The minimum Gasteiger partial charge on any atom is -0.383 e. The number of methoxy groups -OCH3 is 1. The highest BCUT2D eigenvalue weighted by Crippen LogP contribution is 2.36. The molecule has 8 amide bonds. The number of hydrogen-bond acceptors (Lipinski definition) is 33. The monoisotopic (exact) mass is 1710 g/mol. The summed E-state index contributed by atoms with van der Waals surface area (Å²) >= 11 is 0. The fourth-order valence-corrected chi connectivity index (χ4v) is 16.1. The molecule has 0 radical (unpaired) electrons. The van der Waals surface area contributed by atoms with Crippen LogP contribution in [0.1, 0.15) is 99.8 Å². The highest BCUT2D eigenvalue weighted by molar-refractivity contribution is 6.18. The first-order chi connectivity index (χ1) is 60.1. The molecule has 9 aromatic rings. The number of carbonyl (C=O) groups excluding carboxylic acids is 8. The van der Waals surface area contributed by atoms with E-state index in [4.69, 9.17) is 39.4 Å². The van der Waals surface area contributed by atoms with Crippen LogP contribution in [0.2, 0.25) is 0 Å². The second-order valence-electron chi connectivity index (χ2n) is 32.0. The maximum atomic E-state index is 14.1. The van der Waals surface area contributed by atoms with Crippen LogP contribution in [-0.2, 0) is 47.8 Å². The molecule has 0 aromatic carbocycles. The molecule has 41 nitrogen and oxygen atoms in total. The number of halogens is 3. The summed E-state index contributed by atoms with van der Waals surface area (Å²) in [6, 6.07) is 6.14. The van der Waals surface area contributed by atoms with E-state index in [0.717, 1.165) is 64.5 Å². The summed E-state index contributed by atoms with van der Waals surface area (Å²) in [6.45, 7) is 14.7. The molecule has 4 unspecified atom stereocenters. The number of likely N-dealkylation sites (N-methyl/N-ethyl adjacent to an activating group) is 1. The molecule has 1 saturated carbocycles. The molecule has 11 aliphatic rings. The van der Waals surface area contributed by atoms with Crippen LogP contribution in [0, 0.1) is 5.92 Å². The average molecular weight is 1710 g/mol. The number of rotatable bonds is 18. The van der Waals surface area contributed by atoms with E-state index in [1.807, 2.05) is 32.9 Å². The number of carbonyl (C=O) groups is 8. The van der Waals surface area contributed by atoms with Gasteiger partial charge in [-0.25, -0.2) is 18.2 Å². The van der Waals surface area contributed by atoms with Crippen LogP contribution in [-0.4, -0.2) is 305 Å². The van der Waals surface area contributed by atoms with Crippen molar-refractivity contribution in [3.05, 3.63) is 93.7 Å². The Morgan fingerprint density at radius 1 is 0.468 bits per heavy atom. The number of amides is 8. The normalized spacial score (nSPS) is 22.5. The predicted molar refractivity (Wildman–Crippen MR) is 448 cm³/mol. The summed E-state index contributed by atoms with van der Waals surface area (Å²) < 4.78 is 58.9. The van der Waals surface area contributed by atoms with Crippen molar-refractivity contribution >= 4 is 148 Å². The fraction of sp³-hybridized carbons (Fsp3) is 0.487. The number of alkyl halides is 3. The lowest BCUT2D eigenvalue weighted by Gasteiger charge is -2.35. The van der Waals surface area contributed by atoms with Gasteiger partial charge in [-0.3, -0.25) is 59.6 Å². The molecule has 11 fully saturated rings. The zero-order chi connectivity index (χ0) is 85.8. The van der Waals surface area contributed by atoms with Gasteiger partial charge in [-0.05, 0) is 108 Å². The summed E-state index contributed by atoms with van der Waals surface area (Å²) in [4.78, 5) is 153. The van der Waals surface area contributed by atoms with Crippen molar-refractivity contribution < 1.29 is 61.0 Å². The Morgan fingerprint density at radius 2 is 0.887 bits per heavy atom. The Morgan fingerprint density at radius 3 is 1.30 bits per heavy atom. The zero-order valence-corrected chi connectivity index (χ0v) is 68.6. The molecule has 4 atom stereocenters. The first-order valence-electron chi connectivity index (χ1n) is 41.7. The molecule has 10 aliphatic heterocycles. The Hall–Kier alpha value is -13.3. The van der Waals surface area contributed by atoms with Gasteiger partial charge in [-0.2, -0.15) is 78.3 Å². The molecule has 44 heteroatoms. The lowest BCUT2D eigenvalue weighted by molar-refractivity contribution is -0.125. The number of aromatic nitrogens is 17. The van der Waals surface area contributed by atoms with E-state index in [2.05, 4.69) is 106 Å². The van der Waals surface area contributed by atoms with Gasteiger partial charge in [0.05, 0.1) is 83.3 Å². The number of fused-ring (bicyclic) bond motifs is 4. The molecule has 6 N–H and O–H groups in total. The number of piperazine rings is 1. The van der Waals surface area contributed by atoms with Crippen molar-refractivity contribution in [3.63, 3.8) is 0 Å². The van der Waals surface area contributed by atoms with Crippen molar-refractivity contribution in [2.75, 3.05) is 190 Å². The van der Waals surface area contributed by atoms with Gasteiger partial charge >= 0.3 is 0 Å². The molecule has 10 saturated heterocycles. The molecule has 0 spiro atoms. The quantitative estimate of drug-likeness (QED) is 0.0407. The molecular formula is C80H94F3N31O10. The van der Waals surface area contributed by atoms with E-state index in [1.54, 1.807) is 80.5 Å². The van der Waals surface area contributed by atoms with Gasteiger partial charge in [0.2, 0.25) is 71.2 Å². The number of pyridine rings is 1. The van der Waals surface area contributed by atoms with Gasteiger partial charge in [0, 0.05) is 156 Å². The van der Waals surface area contributed by atoms with E-state index in [9.17, 15) is 51.5 Å². The predicted octanol–water partition coefficient (Wildman–Crippen LogP) is 2.22. The third-order valence-corrected chi connectivity index (χ3v) is 23.0. The van der Waals surface area contributed by atoms with E-state index >= 15 is 0 Å². The van der Waals surface area contributed by atoms with Crippen LogP contribution in [0.15, 0.2) is 71.5 Å². The summed E-state index contributed by atoms with van der Waals surface area (Å²) in [6.07, 6.45) is 17.8. The number of nitrogens with zero attached hydrogens (tertiary/aromatic N) is 25. The van der Waals surface area contributed by atoms with Crippen molar-refractivity contribution in [1.29, 1.82) is 0 Å². The maximum absolute atomic E-state index is 14.1. The van der Waals surface area contributed by atoms with Gasteiger partial charge < -0.3 is 59.3 Å². The van der Waals surface area contributed by atoms with Crippen LogP contribution in [0.4, 0.5) is 66.6 Å². The lowest BCUT2D eigenvalue weighted by Crippen LogP contribution is -2.47. The Labute approximate surface area is 707 Å². The molecule has 19 heterocycles. The van der Waals surface area contributed by atoms with Gasteiger partial charge in [0.1, 0.15) is 24.3 Å². The number of hydrogen-bond donors (Lipinski definition) is 6. The minimum atomic E-state index is -0.921. The van der Waals surface area contributed by atoms with Crippen molar-refractivity contribution in [2.45, 2.75) is 102 Å². The Bertz CT molecular complexity index is 5740. The summed E-state index contributed by atoms with van der Waals surface area (Å²) in [7, 11) is 3.73. The number of anilines is 9. The Balaban J connectivity index is 0.000000117. The van der Waals surface area contributed by atoms with Crippen molar-refractivity contribution in [2.24, 2.45) is 5.92 Å². The van der Waals surface area contributed by atoms with Gasteiger partial charge in [0.25, 0.3) is 23.6 Å². The molecule has 124 heavy (non-hydrogen) atoms. The highest BCUT2D eigenvalue weighted by atomic mass is 19.1. The fourth-order valence-electron chi connectivity index (χ4n) is 16.1. The molecule has 1 aliphatic carbocycles. The molecule has 9 aromatic heterocycles. The smallest absolute Gasteiger partial charge is 0.254 e. The van der Waals surface area contributed by atoms with Gasteiger partial charge in [-0.15, -0.1) is 0 Å². The maximum Gasteiger partial charge on any atom is 0.254 e. The number of nitrogens with one attached hydrogen (secondary N) is 6. The second kappa shape index (κ2) is 36.4. The summed E-state index contributed by atoms with van der Waals surface area (Å²) in [5, 5.41) is 33.3. The van der Waals surface area contributed by atoms with Gasteiger partial charge in [-0.1, -0.05) is 6.07 Å². The van der Waals surface area contributed by atoms with Crippen LogP contribution in [0.5, 0.6) is 0 Å². The first-order valence-corrected chi connectivity index (χ1v) is 41.7. The van der Waals surface area contributed by atoms with Crippen LogP contribution < -0.4 is 66.2 Å². The van der Waals surface area contributed by atoms with E-state index in [-0.39, 0.29) is 80.9 Å². The second-order valence-corrected chi connectivity index (χ2v) is 32.0. The highest BCUT2D eigenvalue weighted by Gasteiger charge is 2.36. The van der Waals surface area contributed by atoms with E-state index < -0.39 is 36.2 Å². The largest absolute Gasteiger partial charge is 0.383 e. The summed E-state index contributed by atoms with van der Waals surface area (Å²) in [5.74, 6) is 2.98. The molecule has 20 rings (SSSR count). The first kappa shape index (κ1) is 83.0.